The average molecular weight is 388 g/mol. The van der Waals surface area contributed by atoms with Gasteiger partial charge in [-0.15, -0.1) is 0 Å². The van der Waals surface area contributed by atoms with Gasteiger partial charge < -0.3 is 24.0 Å². The van der Waals surface area contributed by atoms with Gasteiger partial charge in [-0.3, -0.25) is 9.59 Å². The number of hydrogen-bond acceptors (Lipinski definition) is 6. The molecule has 0 saturated carbocycles. The van der Waals surface area contributed by atoms with E-state index < -0.39 is 11.9 Å². The molecule has 1 saturated heterocycles. The molecule has 3 rings (SSSR count). The first-order chi connectivity index (χ1) is 13.4. The van der Waals surface area contributed by atoms with Crippen LogP contribution in [0.15, 0.2) is 22.7 Å². The van der Waals surface area contributed by atoms with Crippen LogP contribution in [0.1, 0.15) is 40.2 Å². The molecular weight excluding hydrogens is 364 g/mol. The lowest BCUT2D eigenvalue weighted by Crippen LogP contribution is -2.42. The molecule has 8 heteroatoms. The molecule has 0 bridgehead atoms. The second kappa shape index (κ2) is 8.33. The number of aliphatic carboxylic acids is 1. The molecule has 28 heavy (non-hydrogen) atoms. The van der Waals surface area contributed by atoms with Crippen LogP contribution in [0.4, 0.5) is 0 Å². The molecular formula is C20H24N2O6. The highest BCUT2D eigenvalue weighted by Gasteiger charge is 2.29. The third kappa shape index (κ3) is 4.11. The third-order valence-electron chi connectivity index (χ3n) is 5.02. The van der Waals surface area contributed by atoms with Gasteiger partial charge in [0.25, 0.3) is 5.91 Å². The number of rotatable bonds is 6. The van der Waals surface area contributed by atoms with Crippen molar-refractivity contribution in [2.75, 3.05) is 20.2 Å². The summed E-state index contributed by atoms with van der Waals surface area (Å²) in [6.07, 6.45) is 1.27. The van der Waals surface area contributed by atoms with Crippen LogP contribution in [-0.2, 0) is 11.4 Å². The van der Waals surface area contributed by atoms with Gasteiger partial charge in [-0.25, -0.2) is 0 Å². The number of carbonyl (C=O) groups excluding carboxylic acids is 1. The van der Waals surface area contributed by atoms with E-state index in [1.807, 2.05) is 13.8 Å². The molecule has 2 aromatic rings. The Morgan fingerprint density at radius 3 is 2.75 bits per heavy atom. The molecule has 0 radical (unpaired) electrons. The second-order valence-corrected chi connectivity index (χ2v) is 6.89. The molecule has 2 heterocycles. The Hall–Kier alpha value is -3.03. The predicted octanol–water partition coefficient (Wildman–Crippen LogP) is 2.82. The van der Waals surface area contributed by atoms with Crippen molar-refractivity contribution in [2.24, 2.45) is 5.92 Å². The summed E-state index contributed by atoms with van der Waals surface area (Å²) in [7, 11) is 1.51. The van der Waals surface area contributed by atoms with Crippen LogP contribution in [0.2, 0.25) is 0 Å². The Morgan fingerprint density at radius 2 is 2.11 bits per heavy atom. The Kier molecular flexibility index (Phi) is 5.87. The van der Waals surface area contributed by atoms with Crippen LogP contribution in [0.25, 0.3) is 0 Å². The van der Waals surface area contributed by atoms with Crippen molar-refractivity contribution in [1.82, 2.24) is 10.1 Å². The van der Waals surface area contributed by atoms with Gasteiger partial charge in [0.2, 0.25) is 0 Å². The first-order valence-corrected chi connectivity index (χ1v) is 9.15. The molecule has 1 amide bonds. The smallest absolute Gasteiger partial charge is 0.308 e. The van der Waals surface area contributed by atoms with Crippen molar-refractivity contribution < 1.29 is 28.7 Å². The number of nitrogens with zero attached hydrogens (tertiary/aromatic N) is 2. The molecule has 1 aromatic heterocycles. The van der Waals surface area contributed by atoms with E-state index >= 15 is 0 Å². The number of benzene rings is 1. The monoisotopic (exact) mass is 388 g/mol. The zero-order valence-corrected chi connectivity index (χ0v) is 16.2. The number of carboxylic acids is 1. The van der Waals surface area contributed by atoms with Gasteiger partial charge in [-0.05, 0) is 44.9 Å². The summed E-state index contributed by atoms with van der Waals surface area (Å²) in [5.41, 5.74) is 2.07. The number of piperidine rings is 1. The summed E-state index contributed by atoms with van der Waals surface area (Å²) in [6.45, 7) is 4.71. The molecule has 1 N–H and O–H groups in total. The minimum atomic E-state index is -0.863. The van der Waals surface area contributed by atoms with E-state index in [0.29, 0.717) is 42.2 Å². The lowest BCUT2D eigenvalue weighted by atomic mass is 9.97. The maximum absolute atomic E-state index is 12.8. The molecule has 0 spiro atoms. The van der Waals surface area contributed by atoms with Crippen LogP contribution >= 0.6 is 0 Å². The van der Waals surface area contributed by atoms with Gasteiger partial charge in [-0.2, -0.15) is 0 Å². The number of hydrogen-bond donors (Lipinski definition) is 1. The highest BCUT2D eigenvalue weighted by atomic mass is 16.5. The van der Waals surface area contributed by atoms with E-state index in [2.05, 4.69) is 5.16 Å². The number of aromatic nitrogens is 1. The highest BCUT2D eigenvalue weighted by molar-refractivity contribution is 5.95. The van der Waals surface area contributed by atoms with Crippen LogP contribution < -0.4 is 9.47 Å². The van der Waals surface area contributed by atoms with Crippen molar-refractivity contribution in [1.29, 1.82) is 0 Å². The minimum Gasteiger partial charge on any atom is -0.493 e. The average Bonchev–Trinajstić information content (AvgIpc) is 3.03. The molecule has 1 atom stereocenters. The topological polar surface area (TPSA) is 102 Å². The fraction of sp³-hybridized carbons (Fsp3) is 0.450. The van der Waals surface area contributed by atoms with Gasteiger partial charge in [0.1, 0.15) is 12.4 Å². The lowest BCUT2D eigenvalue weighted by Gasteiger charge is -2.30. The molecule has 8 nitrogen and oxygen atoms in total. The minimum absolute atomic E-state index is 0.207. The number of methoxy groups -OCH3 is 1. The zero-order chi connectivity index (χ0) is 20.3. The van der Waals surface area contributed by atoms with Crippen molar-refractivity contribution in [2.45, 2.75) is 33.3 Å². The maximum atomic E-state index is 12.8. The first-order valence-electron chi connectivity index (χ1n) is 9.15. The summed E-state index contributed by atoms with van der Waals surface area (Å²) >= 11 is 0. The number of carboxylic acid groups (broad SMARTS) is 1. The predicted molar refractivity (Wildman–Crippen MR) is 99.6 cm³/mol. The molecule has 0 aliphatic carbocycles. The molecule has 1 aliphatic rings. The van der Waals surface area contributed by atoms with E-state index in [1.165, 1.54) is 7.11 Å². The molecule has 1 aromatic carbocycles. The normalized spacial score (nSPS) is 16.7. The van der Waals surface area contributed by atoms with Crippen molar-refractivity contribution in [3.05, 3.63) is 40.8 Å². The Labute approximate surface area is 163 Å². The summed E-state index contributed by atoms with van der Waals surface area (Å²) in [5, 5.41) is 13.1. The Bertz CT molecular complexity index is 856. The van der Waals surface area contributed by atoms with Crippen LogP contribution in [0.5, 0.6) is 11.5 Å². The van der Waals surface area contributed by atoms with Gasteiger partial charge in [0, 0.05) is 18.7 Å². The van der Waals surface area contributed by atoms with E-state index in [9.17, 15) is 14.7 Å². The van der Waals surface area contributed by atoms with Gasteiger partial charge in [-0.1, -0.05) is 5.16 Å². The van der Waals surface area contributed by atoms with Crippen molar-refractivity contribution >= 4 is 11.9 Å². The molecule has 150 valence electrons. The second-order valence-electron chi connectivity index (χ2n) is 6.89. The Morgan fingerprint density at radius 1 is 1.32 bits per heavy atom. The van der Waals surface area contributed by atoms with Gasteiger partial charge in [0.15, 0.2) is 11.5 Å². The van der Waals surface area contributed by atoms with Gasteiger partial charge in [0.05, 0.1) is 24.3 Å². The lowest BCUT2D eigenvalue weighted by molar-refractivity contribution is -0.143. The highest BCUT2D eigenvalue weighted by Crippen LogP contribution is 2.30. The molecule has 1 fully saturated rings. The summed E-state index contributed by atoms with van der Waals surface area (Å²) in [5.74, 6) is 0.0452. The van der Waals surface area contributed by atoms with Gasteiger partial charge >= 0.3 is 5.97 Å². The fourth-order valence-electron chi connectivity index (χ4n) is 3.32. The largest absolute Gasteiger partial charge is 0.493 e. The number of likely N-dealkylation sites (tertiary alicyclic amines) is 1. The summed E-state index contributed by atoms with van der Waals surface area (Å²) in [6, 6.07) is 4.97. The first kappa shape index (κ1) is 19.7. The van der Waals surface area contributed by atoms with Crippen molar-refractivity contribution in [3.8, 4) is 11.5 Å². The van der Waals surface area contributed by atoms with Crippen LogP contribution in [0.3, 0.4) is 0 Å². The van der Waals surface area contributed by atoms with E-state index in [1.54, 1.807) is 23.1 Å². The number of aryl methyl sites for hydroxylation is 2. The number of ether oxygens (including phenoxy) is 2. The third-order valence-corrected chi connectivity index (χ3v) is 5.02. The standard InChI is InChI=1S/C20H24N2O6/c1-12-16(13(2)28-21-12)11-27-17-7-6-14(9-18(17)26-3)19(23)22-8-4-5-15(10-22)20(24)25/h6-7,9,15H,4-5,8,10-11H2,1-3H3,(H,24,25)/t15-/m0/s1. The molecule has 0 unspecified atom stereocenters. The number of carbonyl (C=O) groups is 2. The molecule has 1 aliphatic heterocycles. The van der Waals surface area contributed by atoms with Crippen LogP contribution in [0, 0.1) is 19.8 Å². The van der Waals surface area contributed by atoms with E-state index in [-0.39, 0.29) is 19.1 Å². The van der Waals surface area contributed by atoms with E-state index in [0.717, 1.165) is 11.3 Å². The fourth-order valence-corrected chi connectivity index (χ4v) is 3.32. The van der Waals surface area contributed by atoms with Crippen LogP contribution in [-0.4, -0.2) is 47.2 Å². The summed E-state index contributed by atoms with van der Waals surface area (Å²) < 4.78 is 16.3. The van der Waals surface area contributed by atoms with E-state index in [4.69, 9.17) is 14.0 Å². The maximum Gasteiger partial charge on any atom is 0.308 e. The quantitative estimate of drug-likeness (QED) is 0.812. The number of amides is 1. The summed E-state index contributed by atoms with van der Waals surface area (Å²) in [4.78, 5) is 25.6. The van der Waals surface area contributed by atoms with Crippen molar-refractivity contribution in [3.63, 3.8) is 0 Å². The Balaban J connectivity index is 1.73. The SMILES string of the molecule is COc1cc(C(=O)N2CCC[C@H](C(=O)O)C2)ccc1OCc1c(C)noc1C. The zero-order valence-electron chi connectivity index (χ0n) is 16.2.